The lowest BCUT2D eigenvalue weighted by Gasteiger charge is -2.19. The molecule has 2 N–H and O–H groups in total. The molecule has 0 bridgehead atoms. The second-order valence-electron chi connectivity index (χ2n) is 5.96. The Bertz CT molecular complexity index is 426. The molecule has 0 aliphatic heterocycles. The Kier molecular flexibility index (Phi) is 7.23. The number of nitrogens with one attached hydrogen (secondary N) is 1. The molecule has 0 aromatic heterocycles. The van der Waals surface area contributed by atoms with E-state index >= 15 is 0 Å². The van der Waals surface area contributed by atoms with Crippen LogP contribution in [-0.2, 0) is 11.3 Å². The van der Waals surface area contributed by atoms with E-state index in [9.17, 15) is 4.79 Å². The third-order valence-corrected chi connectivity index (χ3v) is 3.52. The molecule has 1 aromatic rings. The molecule has 21 heavy (non-hydrogen) atoms. The predicted octanol–water partition coefficient (Wildman–Crippen LogP) is 3.46. The highest BCUT2D eigenvalue weighted by atomic mass is 16.5. The number of rotatable bonds is 10. The third kappa shape index (κ3) is 6.63. The molecule has 0 spiro atoms. The van der Waals surface area contributed by atoms with E-state index in [1.54, 1.807) is 13.8 Å². The topological polar surface area (TPSA) is 58.6 Å². The standard InChI is InChI=1S/C17H27NO3/c1-4-5-12-21-15-8-6-14(7-9-15)13-18-11-10-17(2,3)16(19)20/h6-9,18H,4-5,10-13H2,1-3H3,(H,19,20). The maximum atomic E-state index is 11.0. The van der Waals surface area contributed by atoms with Crippen LogP contribution in [0.25, 0.3) is 0 Å². The van der Waals surface area contributed by atoms with Crippen LogP contribution in [0.2, 0.25) is 0 Å². The smallest absolute Gasteiger partial charge is 0.309 e. The summed E-state index contributed by atoms with van der Waals surface area (Å²) in [6.07, 6.45) is 2.82. The second kappa shape index (κ2) is 8.67. The lowest BCUT2D eigenvalue weighted by atomic mass is 9.90. The van der Waals surface area contributed by atoms with Crippen molar-refractivity contribution in [3.63, 3.8) is 0 Å². The molecule has 0 fully saturated rings. The highest BCUT2D eigenvalue weighted by molar-refractivity contribution is 5.73. The molecule has 1 rings (SSSR count). The molecule has 0 aliphatic carbocycles. The number of hydrogen-bond donors (Lipinski definition) is 2. The molecular formula is C17H27NO3. The summed E-state index contributed by atoms with van der Waals surface area (Å²) in [4.78, 5) is 11.0. The van der Waals surface area contributed by atoms with Crippen LogP contribution in [0, 0.1) is 5.41 Å². The monoisotopic (exact) mass is 293 g/mol. The zero-order chi connectivity index (χ0) is 15.7. The van der Waals surface area contributed by atoms with Gasteiger partial charge < -0.3 is 15.2 Å². The molecule has 0 saturated carbocycles. The van der Waals surface area contributed by atoms with Crippen molar-refractivity contribution in [1.29, 1.82) is 0 Å². The van der Waals surface area contributed by atoms with Gasteiger partial charge in [0.1, 0.15) is 5.75 Å². The van der Waals surface area contributed by atoms with Gasteiger partial charge >= 0.3 is 5.97 Å². The van der Waals surface area contributed by atoms with Crippen molar-refractivity contribution in [2.24, 2.45) is 5.41 Å². The summed E-state index contributed by atoms with van der Waals surface area (Å²) in [7, 11) is 0. The van der Waals surface area contributed by atoms with Crippen LogP contribution in [0.5, 0.6) is 5.75 Å². The van der Waals surface area contributed by atoms with Crippen LogP contribution >= 0.6 is 0 Å². The molecule has 118 valence electrons. The van der Waals surface area contributed by atoms with Crippen molar-refractivity contribution < 1.29 is 14.6 Å². The van der Waals surface area contributed by atoms with Gasteiger partial charge in [0.2, 0.25) is 0 Å². The van der Waals surface area contributed by atoms with Crippen molar-refractivity contribution in [2.75, 3.05) is 13.2 Å². The van der Waals surface area contributed by atoms with Gasteiger partial charge in [0.15, 0.2) is 0 Å². The van der Waals surface area contributed by atoms with E-state index in [4.69, 9.17) is 9.84 Å². The molecule has 4 heteroatoms. The molecule has 0 saturated heterocycles. The Morgan fingerprint density at radius 1 is 1.29 bits per heavy atom. The Morgan fingerprint density at radius 2 is 1.95 bits per heavy atom. The second-order valence-corrected chi connectivity index (χ2v) is 5.96. The fourth-order valence-corrected chi connectivity index (χ4v) is 1.78. The van der Waals surface area contributed by atoms with Crippen molar-refractivity contribution >= 4 is 5.97 Å². The number of ether oxygens (including phenoxy) is 1. The van der Waals surface area contributed by atoms with Gasteiger partial charge in [-0.2, -0.15) is 0 Å². The largest absolute Gasteiger partial charge is 0.494 e. The minimum atomic E-state index is -0.752. The summed E-state index contributed by atoms with van der Waals surface area (Å²) in [5, 5.41) is 12.3. The Balaban J connectivity index is 2.28. The van der Waals surface area contributed by atoms with Gasteiger partial charge in [-0.15, -0.1) is 0 Å². The molecule has 1 aromatic carbocycles. The quantitative estimate of drug-likeness (QED) is 0.649. The molecule has 0 atom stereocenters. The van der Waals surface area contributed by atoms with Crippen molar-refractivity contribution in [2.45, 2.75) is 46.6 Å². The normalized spacial score (nSPS) is 11.4. The Morgan fingerprint density at radius 3 is 2.52 bits per heavy atom. The Labute approximate surface area is 127 Å². The van der Waals surface area contributed by atoms with Gasteiger partial charge in [-0.05, 0) is 50.9 Å². The van der Waals surface area contributed by atoms with E-state index < -0.39 is 11.4 Å². The van der Waals surface area contributed by atoms with E-state index in [0.717, 1.165) is 31.7 Å². The summed E-state index contributed by atoms with van der Waals surface area (Å²) < 4.78 is 5.61. The first-order valence-corrected chi connectivity index (χ1v) is 7.61. The van der Waals surface area contributed by atoms with Crippen LogP contribution < -0.4 is 10.1 Å². The van der Waals surface area contributed by atoms with Crippen LogP contribution in [0.15, 0.2) is 24.3 Å². The third-order valence-electron chi connectivity index (χ3n) is 3.52. The molecular weight excluding hydrogens is 266 g/mol. The summed E-state index contributed by atoms with van der Waals surface area (Å²) in [5.41, 5.74) is 0.496. The average Bonchev–Trinajstić information content (AvgIpc) is 2.45. The molecule has 4 nitrogen and oxygen atoms in total. The van der Waals surface area contributed by atoms with Gasteiger partial charge in [-0.1, -0.05) is 25.5 Å². The van der Waals surface area contributed by atoms with Gasteiger partial charge in [-0.3, -0.25) is 4.79 Å². The van der Waals surface area contributed by atoms with Crippen LogP contribution in [0.4, 0.5) is 0 Å². The number of hydrogen-bond acceptors (Lipinski definition) is 3. The van der Waals surface area contributed by atoms with Gasteiger partial charge in [0.05, 0.1) is 12.0 Å². The number of carboxylic acid groups (broad SMARTS) is 1. The fraction of sp³-hybridized carbons (Fsp3) is 0.588. The zero-order valence-electron chi connectivity index (χ0n) is 13.3. The molecule has 0 aliphatic rings. The summed E-state index contributed by atoms with van der Waals surface area (Å²) in [5.74, 6) is 0.150. The molecule has 0 unspecified atom stereocenters. The van der Waals surface area contributed by atoms with E-state index in [1.165, 1.54) is 5.56 Å². The summed E-state index contributed by atoms with van der Waals surface area (Å²) in [6, 6.07) is 8.04. The maximum Gasteiger partial charge on any atom is 0.309 e. The van der Waals surface area contributed by atoms with E-state index in [-0.39, 0.29) is 0 Å². The van der Waals surface area contributed by atoms with Gasteiger partial charge in [-0.25, -0.2) is 0 Å². The minimum Gasteiger partial charge on any atom is -0.494 e. The fourth-order valence-electron chi connectivity index (χ4n) is 1.78. The van der Waals surface area contributed by atoms with Crippen LogP contribution in [0.1, 0.15) is 45.6 Å². The lowest BCUT2D eigenvalue weighted by molar-refractivity contribution is -0.147. The van der Waals surface area contributed by atoms with E-state index in [1.807, 2.05) is 24.3 Å². The molecule has 0 heterocycles. The molecule has 0 radical (unpaired) electrons. The minimum absolute atomic E-state index is 0.612. The first-order valence-electron chi connectivity index (χ1n) is 7.61. The number of unbranched alkanes of at least 4 members (excludes halogenated alkanes) is 1. The van der Waals surface area contributed by atoms with Gasteiger partial charge in [0, 0.05) is 6.54 Å². The summed E-state index contributed by atoms with van der Waals surface area (Å²) in [6.45, 7) is 7.83. The van der Waals surface area contributed by atoms with Crippen LogP contribution in [0.3, 0.4) is 0 Å². The van der Waals surface area contributed by atoms with Gasteiger partial charge in [0.25, 0.3) is 0 Å². The summed E-state index contributed by atoms with van der Waals surface area (Å²) >= 11 is 0. The highest BCUT2D eigenvalue weighted by Gasteiger charge is 2.25. The number of carboxylic acids is 1. The number of aliphatic carboxylic acids is 1. The van der Waals surface area contributed by atoms with E-state index in [2.05, 4.69) is 12.2 Å². The first kappa shape index (κ1) is 17.5. The highest BCUT2D eigenvalue weighted by Crippen LogP contribution is 2.19. The maximum absolute atomic E-state index is 11.0. The first-order chi connectivity index (χ1) is 9.95. The van der Waals surface area contributed by atoms with E-state index in [0.29, 0.717) is 13.0 Å². The predicted molar refractivity (Wildman–Crippen MR) is 84.6 cm³/mol. The average molecular weight is 293 g/mol. The zero-order valence-corrected chi connectivity index (χ0v) is 13.3. The molecule has 0 amide bonds. The SMILES string of the molecule is CCCCOc1ccc(CNCCC(C)(C)C(=O)O)cc1. The van der Waals surface area contributed by atoms with Crippen molar-refractivity contribution in [3.05, 3.63) is 29.8 Å². The Hall–Kier alpha value is -1.55. The number of carbonyl (C=O) groups is 1. The van der Waals surface area contributed by atoms with Crippen LogP contribution in [-0.4, -0.2) is 24.2 Å². The van der Waals surface area contributed by atoms with Crippen molar-refractivity contribution in [1.82, 2.24) is 5.32 Å². The lowest BCUT2D eigenvalue weighted by Crippen LogP contribution is -2.28. The number of benzene rings is 1. The van der Waals surface area contributed by atoms with Crippen molar-refractivity contribution in [3.8, 4) is 5.75 Å².